The topological polar surface area (TPSA) is 78.8 Å². The van der Waals surface area contributed by atoms with Gasteiger partial charge in [0.05, 0.1) is 18.8 Å². The van der Waals surface area contributed by atoms with Crippen LogP contribution in [-0.2, 0) is 4.79 Å². The van der Waals surface area contributed by atoms with E-state index in [2.05, 4.69) is 11.4 Å². The Bertz CT molecular complexity index is 837. The van der Waals surface area contributed by atoms with Crippen LogP contribution in [0.4, 0.5) is 0 Å². The number of nitrogens with one attached hydrogen (secondary N) is 1. The predicted molar refractivity (Wildman–Crippen MR) is 97.6 cm³/mol. The van der Waals surface area contributed by atoms with E-state index in [1.165, 1.54) is 6.92 Å². The second kappa shape index (κ2) is 7.51. The number of hydrogen-bond donors (Lipinski definition) is 3. The molecule has 1 amide bonds. The molecule has 0 heterocycles. The van der Waals surface area contributed by atoms with Crippen molar-refractivity contribution in [2.75, 3.05) is 13.2 Å². The Morgan fingerprint density at radius 3 is 2.16 bits per heavy atom. The van der Waals surface area contributed by atoms with Crippen LogP contribution in [0.15, 0.2) is 54.6 Å². The Kier molecular flexibility index (Phi) is 5.16. The molecule has 0 saturated carbocycles. The average Bonchev–Trinajstić information content (AvgIpc) is 2.62. The summed E-state index contributed by atoms with van der Waals surface area (Å²) in [4.78, 5) is 12.1. The number of aliphatic hydroxyl groups is 2. The van der Waals surface area contributed by atoms with Crippen molar-refractivity contribution < 1.29 is 19.7 Å². The maximum absolute atomic E-state index is 12.1. The molecule has 130 valence electrons. The van der Waals surface area contributed by atoms with Crippen molar-refractivity contribution in [1.82, 2.24) is 5.32 Å². The third-order valence-electron chi connectivity index (χ3n) is 4.19. The van der Waals surface area contributed by atoms with Crippen LogP contribution in [0.2, 0.25) is 0 Å². The van der Waals surface area contributed by atoms with Gasteiger partial charge in [-0.05, 0) is 23.8 Å². The zero-order valence-corrected chi connectivity index (χ0v) is 14.0. The molecule has 3 aromatic rings. The summed E-state index contributed by atoms with van der Waals surface area (Å²) in [6.07, 6.45) is -0.840. The van der Waals surface area contributed by atoms with Crippen LogP contribution in [0, 0.1) is 0 Å². The van der Waals surface area contributed by atoms with Crippen LogP contribution >= 0.6 is 0 Å². The monoisotopic (exact) mass is 339 g/mol. The molecular formula is C20H21NO4. The van der Waals surface area contributed by atoms with Gasteiger partial charge in [0.15, 0.2) is 6.61 Å². The van der Waals surface area contributed by atoms with Gasteiger partial charge < -0.3 is 20.3 Å². The molecule has 5 heteroatoms. The van der Waals surface area contributed by atoms with Crippen LogP contribution in [-0.4, -0.2) is 41.5 Å². The van der Waals surface area contributed by atoms with Crippen LogP contribution in [0.25, 0.3) is 21.5 Å². The highest BCUT2D eigenvalue weighted by atomic mass is 16.5. The number of benzene rings is 3. The van der Waals surface area contributed by atoms with Gasteiger partial charge in [0.2, 0.25) is 0 Å². The second-order valence-corrected chi connectivity index (χ2v) is 6.03. The van der Waals surface area contributed by atoms with Gasteiger partial charge in [0.25, 0.3) is 5.91 Å². The summed E-state index contributed by atoms with van der Waals surface area (Å²) in [7, 11) is 0. The fourth-order valence-electron chi connectivity index (χ4n) is 2.83. The number of carbonyl (C=O) groups excluding carboxylic acids is 1. The van der Waals surface area contributed by atoms with Gasteiger partial charge in [-0.15, -0.1) is 0 Å². The molecule has 3 N–H and O–H groups in total. The van der Waals surface area contributed by atoms with Crippen LogP contribution in [0.3, 0.4) is 0 Å². The van der Waals surface area contributed by atoms with Crippen molar-refractivity contribution in [3.05, 3.63) is 54.6 Å². The van der Waals surface area contributed by atoms with Crippen molar-refractivity contribution >= 4 is 27.5 Å². The lowest BCUT2D eigenvalue weighted by atomic mass is 10.0. The van der Waals surface area contributed by atoms with Gasteiger partial charge >= 0.3 is 0 Å². The van der Waals surface area contributed by atoms with Crippen molar-refractivity contribution in [3.63, 3.8) is 0 Å². The maximum atomic E-state index is 12.1. The molecule has 0 aromatic heterocycles. The highest BCUT2D eigenvalue weighted by Crippen LogP contribution is 2.34. The van der Waals surface area contributed by atoms with E-state index in [-0.39, 0.29) is 13.2 Å². The number of aliphatic hydroxyl groups excluding tert-OH is 2. The fourth-order valence-corrected chi connectivity index (χ4v) is 2.83. The molecule has 0 bridgehead atoms. The zero-order valence-electron chi connectivity index (χ0n) is 14.0. The Labute approximate surface area is 145 Å². The fraction of sp³-hybridized carbons (Fsp3) is 0.250. The molecule has 0 aliphatic rings. The molecule has 0 spiro atoms. The predicted octanol–water partition coefficient (Wildman–Crippen LogP) is 2.23. The Hall–Kier alpha value is -2.63. The Balaban J connectivity index is 1.88. The summed E-state index contributed by atoms with van der Waals surface area (Å²) < 4.78 is 5.84. The highest BCUT2D eigenvalue weighted by molar-refractivity contribution is 6.05. The Morgan fingerprint density at radius 2 is 1.64 bits per heavy atom. The van der Waals surface area contributed by atoms with E-state index in [9.17, 15) is 15.0 Å². The summed E-state index contributed by atoms with van der Waals surface area (Å²) >= 11 is 0. The lowest BCUT2D eigenvalue weighted by Gasteiger charge is -2.19. The molecule has 0 fully saturated rings. The van der Waals surface area contributed by atoms with E-state index in [1.807, 2.05) is 48.5 Å². The summed E-state index contributed by atoms with van der Waals surface area (Å²) in [6, 6.07) is 17.1. The first-order chi connectivity index (χ1) is 12.1. The summed E-state index contributed by atoms with van der Waals surface area (Å²) in [6.45, 7) is 0.988. The Morgan fingerprint density at radius 1 is 1.08 bits per heavy atom. The molecule has 0 aliphatic carbocycles. The van der Waals surface area contributed by atoms with Crippen LogP contribution < -0.4 is 10.1 Å². The molecular weight excluding hydrogens is 318 g/mol. The largest absolute Gasteiger partial charge is 0.482 e. The van der Waals surface area contributed by atoms with Gasteiger partial charge in [0, 0.05) is 10.8 Å². The van der Waals surface area contributed by atoms with Crippen molar-refractivity contribution in [1.29, 1.82) is 0 Å². The number of hydrogen-bond acceptors (Lipinski definition) is 4. The zero-order chi connectivity index (χ0) is 17.8. The number of fused-ring (bicyclic) bond motifs is 2. The summed E-state index contributed by atoms with van der Waals surface area (Å²) in [5.41, 5.74) is 0. The first kappa shape index (κ1) is 17.2. The van der Waals surface area contributed by atoms with E-state index >= 15 is 0 Å². The molecule has 2 atom stereocenters. The lowest BCUT2D eigenvalue weighted by Crippen LogP contribution is -2.46. The minimum atomic E-state index is -0.840. The first-order valence-electron chi connectivity index (χ1n) is 8.21. The third kappa shape index (κ3) is 3.73. The average molecular weight is 339 g/mol. The quantitative estimate of drug-likeness (QED) is 0.602. The molecule has 5 nitrogen and oxygen atoms in total. The van der Waals surface area contributed by atoms with Gasteiger partial charge in [0.1, 0.15) is 5.75 Å². The van der Waals surface area contributed by atoms with E-state index < -0.39 is 18.1 Å². The van der Waals surface area contributed by atoms with Crippen molar-refractivity contribution in [2.24, 2.45) is 0 Å². The second-order valence-electron chi connectivity index (χ2n) is 6.03. The molecule has 0 saturated heterocycles. The first-order valence-corrected chi connectivity index (χ1v) is 8.21. The minimum Gasteiger partial charge on any atom is -0.482 e. The standard InChI is InChI=1S/C20H21NO4/c1-13(23)18(11-22)21-19(24)12-25-20-16-8-4-2-6-14(16)10-15-7-3-5-9-17(15)20/h2-10,13,18,22-23H,11-12H2,1H3,(H,21,24)/t13-,18-/m0/s1. The molecule has 0 aliphatic heterocycles. The summed E-state index contributed by atoms with van der Waals surface area (Å²) in [5, 5.41) is 25.2. The molecule has 3 aromatic carbocycles. The normalized spacial score (nSPS) is 13.6. The lowest BCUT2D eigenvalue weighted by molar-refractivity contribution is -0.125. The van der Waals surface area contributed by atoms with Gasteiger partial charge in [-0.3, -0.25) is 4.79 Å². The van der Waals surface area contributed by atoms with E-state index in [0.29, 0.717) is 5.75 Å². The van der Waals surface area contributed by atoms with Crippen molar-refractivity contribution in [3.8, 4) is 5.75 Å². The minimum absolute atomic E-state index is 0.193. The SMILES string of the molecule is C[C@H](O)[C@H](CO)NC(=O)COc1c2ccccc2cc2ccccc12. The number of ether oxygens (including phenoxy) is 1. The molecule has 0 unspecified atom stereocenters. The smallest absolute Gasteiger partial charge is 0.258 e. The van der Waals surface area contributed by atoms with E-state index in [0.717, 1.165) is 21.5 Å². The van der Waals surface area contributed by atoms with Gasteiger partial charge in [-0.1, -0.05) is 48.5 Å². The molecule has 0 radical (unpaired) electrons. The molecule has 3 rings (SSSR count). The van der Waals surface area contributed by atoms with Crippen molar-refractivity contribution in [2.45, 2.75) is 19.1 Å². The van der Waals surface area contributed by atoms with E-state index in [4.69, 9.17) is 4.74 Å². The van der Waals surface area contributed by atoms with Crippen LogP contribution in [0.5, 0.6) is 5.75 Å². The molecule has 25 heavy (non-hydrogen) atoms. The maximum Gasteiger partial charge on any atom is 0.258 e. The third-order valence-corrected chi connectivity index (χ3v) is 4.19. The highest BCUT2D eigenvalue weighted by Gasteiger charge is 2.17. The van der Waals surface area contributed by atoms with Crippen LogP contribution in [0.1, 0.15) is 6.92 Å². The van der Waals surface area contributed by atoms with Gasteiger partial charge in [-0.25, -0.2) is 0 Å². The number of carbonyl (C=O) groups is 1. The number of amides is 1. The number of rotatable bonds is 6. The summed E-state index contributed by atoms with van der Waals surface area (Å²) in [5.74, 6) is 0.262. The van der Waals surface area contributed by atoms with E-state index in [1.54, 1.807) is 0 Å². The van der Waals surface area contributed by atoms with Gasteiger partial charge in [-0.2, -0.15) is 0 Å².